The summed E-state index contributed by atoms with van der Waals surface area (Å²) >= 11 is 7.15. The van der Waals surface area contributed by atoms with E-state index in [1.54, 1.807) is 24.3 Å². The molecule has 1 aromatic heterocycles. The molecule has 1 aliphatic rings. The Morgan fingerprint density at radius 2 is 2.04 bits per heavy atom. The number of imide groups is 1. The van der Waals surface area contributed by atoms with Gasteiger partial charge in [0.25, 0.3) is 5.91 Å². The molecule has 0 aliphatic carbocycles. The van der Waals surface area contributed by atoms with E-state index in [9.17, 15) is 14.4 Å². The number of nitrogens with one attached hydrogen (secondary N) is 2. The molecular weight excluding hydrogens is 374 g/mol. The van der Waals surface area contributed by atoms with E-state index in [0.29, 0.717) is 10.0 Å². The molecule has 4 amide bonds. The molecule has 134 valence electrons. The first-order valence-electron chi connectivity index (χ1n) is 7.95. The van der Waals surface area contributed by atoms with Gasteiger partial charge in [0.2, 0.25) is 5.91 Å². The lowest BCUT2D eigenvalue weighted by atomic mass is 10.1. The predicted octanol–water partition coefficient (Wildman–Crippen LogP) is 3.50. The van der Waals surface area contributed by atoms with Gasteiger partial charge >= 0.3 is 6.03 Å². The molecule has 1 fully saturated rings. The number of halogens is 1. The van der Waals surface area contributed by atoms with Crippen LogP contribution >= 0.6 is 22.9 Å². The Balaban J connectivity index is 1.69. The van der Waals surface area contributed by atoms with Crippen LogP contribution in [0, 0.1) is 0 Å². The topological polar surface area (TPSA) is 78.5 Å². The first kappa shape index (κ1) is 18.2. The molecule has 0 atom stereocenters. The van der Waals surface area contributed by atoms with Crippen molar-refractivity contribution in [1.82, 2.24) is 10.2 Å². The van der Waals surface area contributed by atoms with Crippen molar-refractivity contribution >= 4 is 52.5 Å². The van der Waals surface area contributed by atoms with E-state index in [2.05, 4.69) is 10.6 Å². The van der Waals surface area contributed by atoms with E-state index >= 15 is 0 Å². The maximum atomic E-state index is 12.4. The first-order valence-corrected chi connectivity index (χ1v) is 9.15. The molecule has 0 bridgehead atoms. The Morgan fingerprint density at radius 3 is 2.73 bits per heavy atom. The summed E-state index contributed by atoms with van der Waals surface area (Å²) in [7, 11) is 0. The summed E-state index contributed by atoms with van der Waals surface area (Å²) < 4.78 is 0.583. The lowest BCUT2D eigenvalue weighted by molar-refractivity contribution is -0.127. The van der Waals surface area contributed by atoms with E-state index in [-0.39, 0.29) is 12.2 Å². The highest BCUT2D eigenvalue weighted by Crippen LogP contribution is 2.24. The fourth-order valence-electron chi connectivity index (χ4n) is 2.55. The molecule has 2 heterocycles. The second-order valence-corrected chi connectivity index (χ2v) is 7.33. The molecule has 26 heavy (non-hydrogen) atoms. The van der Waals surface area contributed by atoms with Gasteiger partial charge in [-0.2, -0.15) is 0 Å². The molecule has 8 heteroatoms. The zero-order valence-corrected chi connectivity index (χ0v) is 15.5. The number of aryl methyl sites for hydroxylation is 1. The minimum atomic E-state index is -0.622. The Bertz CT molecular complexity index is 907. The molecule has 3 rings (SSSR count). The van der Waals surface area contributed by atoms with Crippen molar-refractivity contribution in [2.24, 2.45) is 0 Å². The van der Waals surface area contributed by atoms with Crippen molar-refractivity contribution in [3.63, 3.8) is 0 Å². The molecule has 0 radical (unpaired) electrons. The van der Waals surface area contributed by atoms with E-state index in [0.717, 1.165) is 21.8 Å². The smallest absolute Gasteiger partial charge is 0.324 e. The average Bonchev–Trinajstić information content (AvgIpc) is 3.13. The van der Waals surface area contributed by atoms with E-state index in [1.807, 2.05) is 25.1 Å². The zero-order chi connectivity index (χ0) is 18.7. The summed E-state index contributed by atoms with van der Waals surface area (Å²) in [4.78, 5) is 38.3. The fourth-order valence-corrected chi connectivity index (χ4v) is 3.55. The maximum absolute atomic E-state index is 12.4. The third-order valence-corrected chi connectivity index (χ3v) is 5.00. The highest BCUT2D eigenvalue weighted by molar-refractivity contribution is 7.17. The molecule has 1 saturated heterocycles. The van der Waals surface area contributed by atoms with Crippen LogP contribution in [0.3, 0.4) is 0 Å². The van der Waals surface area contributed by atoms with Gasteiger partial charge in [0.1, 0.15) is 12.2 Å². The van der Waals surface area contributed by atoms with Crippen LogP contribution in [-0.2, 0) is 16.0 Å². The lowest BCUT2D eigenvalue weighted by Crippen LogP contribution is -2.38. The first-order chi connectivity index (χ1) is 12.5. The van der Waals surface area contributed by atoms with Gasteiger partial charge in [-0.05, 0) is 36.3 Å². The standard InChI is InChI=1S/C18H16ClN3O3S/c1-2-11-5-3-4-6-13(11)20-16(23)10-22-17(24)14(21-18(22)25)9-12-7-8-15(19)26-12/h3-9H,2,10H2,1H3,(H,20,23)(H,21,25)/b14-9+. The molecule has 1 aromatic carbocycles. The van der Waals surface area contributed by atoms with Crippen LogP contribution in [0.5, 0.6) is 0 Å². The van der Waals surface area contributed by atoms with Crippen LogP contribution in [0.25, 0.3) is 6.08 Å². The van der Waals surface area contributed by atoms with Crippen molar-refractivity contribution < 1.29 is 14.4 Å². The van der Waals surface area contributed by atoms with Crippen molar-refractivity contribution in [2.75, 3.05) is 11.9 Å². The van der Waals surface area contributed by atoms with Gasteiger partial charge in [0.15, 0.2) is 0 Å². The van der Waals surface area contributed by atoms with Crippen LogP contribution in [-0.4, -0.2) is 29.3 Å². The zero-order valence-electron chi connectivity index (χ0n) is 13.9. The summed E-state index contributed by atoms with van der Waals surface area (Å²) in [6.07, 6.45) is 2.30. The van der Waals surface area contributed by atoms with Gasteiger partial charge in [-0.25, -0.2) is 9.69 Å². The lowest BCUT2D eigenvalue weighted by Gasteiger charge is -2.13. The number of hydrogen-bond acceptors (Lipinski definition) is 4. The summed E-state index contributed by atoms with van der Waals surface area (Å²) in [6.45, 7) is 1.63. The highest BCUT2D eigenvalue weighted by Gasteiger charge is 2.35. The van der Waals surface area contributed by atoms with Crippen LogP contribution in [0.15, 0.2) is 42.1 Å². The largest absolute Gasteiger partial charge is 0.329 e. The highest BCUT2D eigenvalue weighted by atomic mass is 35.5. The van der Waals surface area contributed by atoms with Gasteiger partial charge in [-0.3, -0.25) is 9.59 Å². The molecule has 0 spiro atoms. The Hall–Kier alpha value is -2.64. The fraction of sp³-hybridized carbons (Fsp3) is 0.167. The SMILES string of the molecule is CCc1ccccc1NC(=O)CN1C(=O)N/C(=C/c2ccc(Cl)s2)C1=O. The molecule has 0 saturated carbocycles. The van der Waals surface area contributed by atoms with E-state index < -0.39 is 17.8 Å². The second-order valence-electron chi connectivity index (χ2n) is 5.58. The normalized spacial score (nSPS) is 15.5. The maximum Gasteiger partial charge on any atom is 0.329 e. The summed E-state index contributed by atoms with van der Waals surface area (Å²) in [6, 6.07) is 10.2. The van der Waals surface area contributed by atoms with Crippen molar-refractivity contribution in [3.8, 4) is 0 Å². The number of para-hydroxylation sites is 1. The number of rotatable bonds is 5. The van der Waals surface area contributed by atoms with Crippen LogP contribution in [0.1, 0.15) is 17.4 Å². The van der Waals surface area contributed by atoms with Gasteiger partial charge in [0, 0.05) is 10.6 Å². The molecule has 6 nitrogen and oxygen atoms in total. The van der Waals surface area contributed by atoms with Gasteiger partial charge in [-0.15, -0.1) is 11.3 Å². The molecular formula is C18H16ClN3O3S. The quantitative estimate of drug-likeness (QED) is 0.606. The molecule has 1 aliphatic heterocycles. The van der Waals surface area contributed by atoms with E-state index in [4.69, 9.17) is 11.6 Å². The Morgan fingerprint density at radius 1 is 1.27 bits per heavy atom. The number of urea groups is 1. The minimum Gasteiger partial charge on any atom is -0.324 e. The molecule has 0 unspecified atom stereocenters. The second kappa shape index (κ2) is 7.72. The Kier molecular flexibility index (Phi) is 5.39. The van der Waals surface area contributed by atoms with Gasteiger partial charge in [-0.1, -0.05) is 36.7 Å². The summed E-state index contributed by atoms with van der Waals surface area (Å²) in [5.74, 6) is -0.978. The molecule has 2 aromatic rings. The monoisotopic (exact) mass is 389 g/mol. The third kappa shape index (κ3) is 3.95. The van der Waals surface area contributed by atoms with Crippen molar-refractivity contribution in [3.05, 3.63) is 56.9 Å². The number of benzene rings is 1. The van der Waals surface area contributed by atoms with E-state index in [1.165, 1.54) is 11.3 Å². The van der Waals surface area contributed by atoms with Crippen molar-refractivity contribution in [1.29, 1.82) is 0 Å². The third-order valence-electron chi connectivity index (χ3n) is 3.82. The average molecular weight is 390 g/mol. The number of amides is 4. The van der Waals surface area contributed by atoms with Gasteiger partial charge in [0.05, 0.1) is 4.34 Å². The summed E-state index contributed by atoms with van der Waals surface area (Å²) in [5.41, 5.74) is 1.78. The van der Waals surface area contributed by atoms with Crippen molar-refractivity contribution in [2.45, 2.75) is 13.3 Å². The number of hydrogen-bond donors (Lipinski definition) is 2. The molecule has 2 N–H and O–H groups in total. The van der Waals surface area contributed by atoms with Crippen LogP contribution < -0.4 is 10.6 Å². The number of carbonyl (C=O) groups is 3. The predicted molar refractivity (Wildman–Crippen MR) is 102 cm³/mol. The Labute approximate surface area is 159 Å². The number of carbonyl (C=O) groups excluding carboxylic acids is 3. The number of anilines is 1. The van der Waals surface area contributed by atoms with Crippen LogP contribution in [0.4, 0.5) is 10.5 Å². The number of nitrogens with zero attached hydrogens (tertiary/aromatic N) is 1. The van der Waals surface area contributed by atoms with Gasteiger partial charge < -0.3 is 10.6 Å². The summed E-state index contributed by atoms with van der Waals surface area (Å²) in [5, 5.41) is 5.24. The number of thiophene rings is 1. The van der Waals surface area contributed by atoms with Crippen LogP contribution in [0.2, 0.25) is 4.34 Å². The minimum absolute atomic E-state index is 0.121.